The van der Waals surface area contributed by atoms with Gasteiger partial charge in [0, 0.05) is 62.8 Å². The third-order valence-corrected chi connectivity index (χ3v) is 10.3. The van der Waals surface area contributed by atoms with Gasteiger partial charge < -0.3 is 19.1 Å². The lowest BCUT2D eigenvalue weighted by atomic mass is 9.95. The number of hydrogen-bond acceptors (Lipinski definition) is 11. The maximum absolute atomic E-state index is 12.3. The molecule has 0 spiro atoms. The number of thioether (sulfide) groups is 2. The van der Waals surface area contributed by atoms with Crippen molar-refractivity contribution in [3.63, 3.8) is 0 Å². The van der Waals surface area contributed by atoms with Crippen molar-refractivity contribution in [3.05, 3.63) is 0 Å². The van der Waals surface area contributed by atoms with Crippen molar-refractivity contribution in [2.24, 2.45) is 11.3 Å². The van der Waals surface area contributed by atoms with Crippen LogP contribution < -0.4 is 0 Å². The largest absolute Gasteiger partial charge is 0.466 e. The Labute approximate surface area is 298 Å². The standard InChI is InChI=1S/C36H63NO9S2/c1-8-10-16-32(9-2)46-25-31(40)15-12-11-13-20-44-33(41)17-14-21-45-34(42)28(3)26-47-22-18-29(38)24-30(39)19-23-48-27-36(4,5)35(43)37(6)7/h28,32H,8-27H2,1-7H3. The number of amides is 1. The average molecular weight is 718 g/mol. The van der Waals surface area contributed by atoms with Gasteiger partial charge in [-0.15, -0.1) is 0 Å². The molecule has 2 atom stereocenters. The Kier molecular flexibility index (Phi) is 26.7. The van der Waals surface area contributed by atoms with E-state index in [-0.39, 0.29) is 79.7 Å². The lowest BCUT2D eigenvalue weighted by Gasteiger charge is -2.26. The highest BCUT2D eigenvalue weighted by Crippen LogP contribution is 2.24. The third kappa shape index (κ3) is 24.3. The predicted octanol–water partition coefficient (Wildman–Crippen LogP) is 6.49. The molecule has 1 amide bonds. The Morgan fingerprint density at radius 3 is 2.02 bits per heavy atom. The van der Waals surface area contributed by atoms with Gasteiger partial charge in [-0.25, -0.2) is 0 Å². The Morgan fingerprint density at radius 1 is 0.750 bits per heavy atom. The summed E-state index contributed by atoms with van der Waals surface area (Å²) in [5, 5.41) is 0. The fraction of sp³-hybridized carbons (Fsp3) is 0.833. The molecule has 0 N–H and O–H groups in total. The number of rotatable bonds is 31. The maximum Gasteiger partial charge on any atom is 0.309 e. The van der Waals surface area contributed by atoms with Crippen molar-refractivity contribution in [1.29, 1.82) is 0 Å². The van der Waals surface area contributed by atoms with Crippen molar-refractivity contribution in [2.45, 2.75) is 124 Å². The van der Waals surface area contributed by atoms with Crippen LogP contribution in [0.1, 0.15) is 118 Å². The van der Waals surface area contributed by atoms with E-state index < -0.39 is 5.41 Å². The molecule has 0 aliphatic carbocycles. The normalized spacial score (nSPS) is 12.6. The lowest BCUT2D eigenvalue weighted by Crippen LogP contribution is -2.37. The van der Waals surface area contributed by atoms with E-state index in [1.165, 1.54) is 11.8 Å². The van der Waals surface area contributed by atoms with Gasteiger partial charge in [-0.1, -0.05) is 47.5 Å². The first-order valence-electron chi connectivity index (χ1n) is 17.6. The van der Waals surface area contributed by atoms with Gasteiger partial charge in [-0.3, -0.25) is 28.8 Å². The second-order valence-corrected chi connectivity index (χ2v) is 15.4. The third-order valence-electron chi connectivity index (χ3n) is 7.61. The molecule has 0 rings (SSSR count). The van der Waals surface area contributed by atoms with Crippen LogP contribution in [0.4, 0.5) is 0 Å². The van der Waals surface area contributed by atoms with Gasteiger partial charge in [0.15, 0.2) is 5.78 Å². The number of esters is 2. The Balaban J connectivity index is 3.84. The zero-order valence-corrected chi connectivity index (χ0v) is 32.4. The number of carbonyl (C=O) groups excluding carboxylic acids is 6. The van der Waals surface area contributed by atoms with E-state index in [1.54, 1.807) is 37.7 Å². The SMILES string of the molecule is CCCCC(CC)OCC(=O)CCCCCOC(=O)CCCOC(=O)C(C)CSCCC(=O)CC(=O)CCSCC(C)(C)C(=O)N(C)C. The topological polar surface area (TPSA) is 133 Å². The number of unbranched alkanes of at least 4 members (excludes halogenated alkanes) is 3. The summed E-state index contributed by atoms with van der Waals surface area (Å²) in [6.07, 6.45) is 8.03. The van der Waals surface area contributed by atoms with Crippen LogP contribution in [0.5, 0.6) is 0 Å². The van der Waals surface area contributed by atoms with Gasteiger partial charge in [-0.2, -0.15) is 23.5 Å². The molecule has 48 heavy (non-hydrogen) atoms. The van der Waals surface area contributed by atoms with Crippen LogP contribution >= 0.6 is 23.5 Å². The van der Waals surface area contributed by atoms with E-state index in [2.05, 4.69) is 13.8 Å². The molecule has 0 aromatic carbocycles. The first kappa shape index (κ1) is 46.1. The van der Waals surface area contributed by atoms with Gasteiger partial charge in [0.25, 0.3) is 0 Å². The zero-order valence-electron chi connectivity index (χ0n) is 30.7. The maximum atomic E-state index is 12.3. The summed E-state index contributed by atoms with van der Waals surface area (Å²) in [5.41, 5.74) is -0.504. The minimum absolute atomic E-state index is 0.0449. The first-order chi connectivity index (χ1) is 22.7. The molecule has 0 saturated carbocycles. The Bertz CT molecular complexity index is 971. The average Bonchev–Trinajstić information content (AvgIpc) is 3.04. The summed E-state index contributed by atoms with van der Waals surface area (Å²) >= 11 is 3.01. The number of hydrogen-bond donors (Lipinski definition) is 0. The summed E-state index contributed by atoms with van der Waals surface area (Å²) in [6.45, 7) is 10.4. The second-order valence-electron chi connectivity index (χ2n) is 13.2. The summed E-state index contributed by atoms with van der Waals surface area (Å²) in [5.74, 6) is 1.12. The number of Topliss-reactive ketones (excluding diaryl/α,β-unsaturated/α-hetero) is 3. The smallest absolute Gasteiger partial charge is 0.309 e. The van der Waals surface area contributed by atoms with Crippen molar-refractivity contribution in [2.75, 3.05) is 56.9 Å². The van der Waals surface area contributed by atoms with Crippen molar-refractivity contribution in [1.82, 2.24) is 4.90 Å². The Morgan fingerprint density at radius 2 is 1.40 bits per heavy atom. The highest BCUT2D eigenvalue weighted by atomic mass is 32.2. The molecule has 0 aromatic rings. The molecule has 0 radical (unpaired) electrons. The summed E-state index contributed by atoms with van der Waals surface area (Å²) in [7, 11) is 3.45. The molecule has 0 bridgehead atoms. The molecular weight excluding hydrogens is 655 g/mol. The fourth-order valence-electron chi connectivity index (χ4n) is 4.60. The number of ketones is 3. The number of ether oxygens (including phenoxy) is 3. The lowest BCUT2D eigenvalue weighted by molar-refractivity contribution is -0.149. The molecule has 12 heteroatoms. The van der Waals surface area contributed by atoms with Crippen LogP contribution in [0.25, 0.3) is 0 Å². The van der Waals surface area contributed by atoms with E-state index in [0.717, 1.165) is 38.5 Å². The summed E-state index contributed by atoms with van der Waals surface area (Å²) < 4.78 is 16.2. The van der Waals surface area contributed by atoms with E-state index >= 15 is 0 Å². The number of nitrogens with zero attached hydrogens (tertiary/aromatic N) is 1. The number of carbonyl (C=O) groups is 6. The van der Waals surface area contributed by atoms with E-state index in [9.17, 15) is 28.8 Å². The minimum atomic E-state index is -0.504. The van der Waals surface area contributed by atoms with Crippen LogP contribution in [0.15, 0.2) is 0 Å². The summed E-state index contributed by atoms with van der Waals surface area (Å²) in [4.78, 5) is 74.4. The molecule has 0 aromatic heterocycles. The van der Waals surface area contributed by atoms with Gasteiger partial charge in [0.05, 0.1) is 37.1 Å². The highest BCUT2D eigenvalue weighted by molar-refractivity contribution is 7.99. The molecular formula is C36H63NO9S2. The minimum Gasteiger partial charge on any atom is -0.466 e. The van der Waals surface area contributed by atoms with Crippen LogP contribution in [-0.2, 0) is 43.0 Å². The molecule has 278 valence electrons. The molecule has 0 heterocycles. The summed E-state index contributed by atoms with van der Waals surface area (Å²) in [6, 6.07) is 0. The fourth-order valence-corrected chi connectivity index (χ4v) is 6.78. The highest BCUT2D eigenvalue weighted by Gasteiger charge is 2.29. The molecule has 0 aliphatic rings. The second kappa shape index (κ2) is 27.9. The van der Waals surface area contributed by atoms with Gasteiger partial charge >= 0.3 is 11.9 Å². The van der Waals surface area contributed by atoms with E-state index in [4.69, 9.17) is 14.2 Å². The van der Waals surface area contributed by atoms with E-state index in [0.29, 0.717) is 55.3 Å². The van der Waals surface area contributed by atoms with Crippen molar-refractivity contribution in [3.8, 4) is 0 Å². The monoisotopic (exact) mass is 717 g/mol. The quantitative estimate of drug-likeness (QED) is 0.0443. The van der Waals surface area contributed by atoms with Gasteiger partial charge in [0.2, 0.25) is 5.91 Å². The molecule has 10 nitrogen and oxygen atoms in total. The zero-order chi connectivity index (χ0) is 36.4. The van der Waals surface area contributed by atoms with Crippen molar-refractivity contribution < 1.29 is 43.0 Å². The van der Waals surface area contributed by atoms with Crippen molar-refractivity contribution >= 4 is 58.7 Å². The van der Waals surface area contributed by atoms with Gasteiger partial charge in [0.1, 0.15) is 18.2 Å². The van der Waals surface area contributed by atoms with Crippen LogP contribution in [-0.4, -0.2) is 103 Å². The first-order valence-corrected chi connectivity index (χ1v) is 19.9. The predicted molar refractivity (Wildman–Crippen MR) is 194 cm³/mol. The van der Waals surface area contributed by atoms with Crippen LogP contribution in [0.2, 0.25) is 0 Å². The molecule has 0 saturated heterocycles. The van der Waals surface area contributed by atoms with Crippen LogP contribution in [0, 0.1) is 11.3 Å². The molecule has 0 fully saturated rings. The molecule has 2 unspecified atom stereocenters. The molecule has 0 aliphatic heterocycles. The van der Waals surface area contributed by atoms with Crippen LogP contribution in [0.3, 0.4) is 0 Å². The van der Waals surface area contributed by atoms with E-state index in [1.807, 2.05) is 13.8 Å². The Hall–Kier alpha value is -1.92. The van der Waals surface area contributed by atoms with Gasteiger partial charge in [-0.05, 0) is 38.5 Å².